The lowest BCUT2D eigenvalue weighted by molar-refractivity contribution is 0.298. The van der Waals surface area contributed by atoms with Gasteiger partial charge in [0, 0.05) is 41.6 Å². The number of hydrogen-bond acceptors (Lipinski definition) is 5. The number of methoxy groups -OCH3 is 2. The van der Waals surface area contributed by atoms with Gasteiger partial charge in [0.15, 0.2) is 5.65 Å². The number of aliphatic hydroxyl groups is 1. The van der Waals surface area contributed by atoms with Gasteiger partial charge in [-0.25, -0.2) is 9.50 Å². The zero-order valence-electron chi connectivity index (χ0n) is 14.7. The Morgan fingerprint density at radius 3 is 2.64 bits per heavy atom. The van der Waals surface area contributed by atoms with E-state index in [-0.39, 0.29) is 18.6 Å². The van der Waals surface area contributed by atoms with Gasteiger partial charge < -0.3 is 14.6 Å². The van der Waals surface area contributed by atoms with Crippen LogP contribution in [0.25, 0.3) is 16.8 Å². The standard InChI is InChI=1S/C18H21N3O4/c1-10-13(7-8-22)18(23)21-17(19-10)16(11(2)20-21)14-6-5-12(24-3)9-15(14)25-4/h5-6,9,20,22H,7-8H2,1-4H3. The number of nitrogens with one attached hydrogen (secondary N) is 1. The van der Waals surface area contributed by atoms with Crippen LogP contribution in [0.5, 0.6) is 11.5 Å². The van der Waals surface area contributed by atoms with Gasteiger partial charge in [-0.1, -0.05) is 0 Å². The van der Waals surface area contributed by atoms with Crippen molar-refractivity contribution in [2.75, 3.05) is 20.8 Å². The number of benzene rings is 1. The molecule has 3 aromatic rings. The van der Waals surface area contributed by atoms with E-state index in [4.69, 9.17) is 9.47 Å². The Morgan fingerprint density at radius 2 is 2.00 bits per heavy atom. The number of fused-ring (bicyclic) bond motifs is 1. The van der Waals surface area contributed by atoms with Crippen molar-refractivity contribution in [3.05, 3.63) is 45.5 Å². The molecule has 0 saturated heterocycles. The highest BCUT2D eigenvalue weighted by Crippen LogP contribution is 2.36. The van der Waals surface area contributed by atoms with E-state index in [2.05, 4.69) is 10.1 Å². The van der Waals surface area contributed by atoms with E-state index in [0.717, 1.165) is 16.8 Å². The molecule has 0 spiro atoms. The molecule has 132 valence electrons. The monoisotopic (exact) mass is 343 g/mol. The first-order valence-electron chi connectivity index (χ1n) is 7.95. The molecule has 0 amide bonds. The van der Waals surface area contributed by atoms with Crippen molar-refractivity contribution in [1.29, 1.82) is 0 Å². The van der Waals surface area contributed by atoms with Gasteiger partial charge in [-0.15, -0.1) is 0 Å². The quantitative estimate of drug-likeness (QED) is 0.738. The lowest BCUT2D eigenvalue weighted by atomic mass is 10.0. The molecule has 0 saturated carbocycles. The fraction of sp³-hybridized carbons (Fsp3) is 0.333. The molecule has 0 atom stereocenters. The normalized spacial score (nSPS) is 11.1. The lowest BCUT2D eigenvalue weighted by Gasteiger charge is -2.10. The molecule has 3 rings (SSSR count). The maximum absolute atomic E-state index is 12.7. The summed E-state index contributed by atoms with van der Waals surface area (Å²) >= 11 is 0. The van der Waals surface area contributed by atoms with E-state index in [1.807, 2.05) is 19.1 Å². The van der Waals surface area contributed by atoms with Gasteiger partial charge in [-0.05, 0) is 26.0 Å². The molecule has 0 aliphatic rings. The van der Waals surface area contributed by atoms with Crippen molar-refractivity contribution in [3.63, 3.8) is 0 Å². The summed E-state index contributed by atoms with van der Waals surface area (Å²) in [6.07, 6.45) is 0.278. The first-order chi connectivity index (χ1) is 12.0. The number of aromatic nitrogens is 3. The smallest absolute Gasteiger partial charge is 0.276 e. The second-order valence-corrected chi connectivity index (χ2v) is 5.79. The van der Waals surface area contributed by atoms with E-state index in [1.54, 1.807) is 27.2 Å². The van der Waals surface area contributed by atoms with E-state index in [1.165, 1.54) is 4.52 Å². The van der Waals surface area contributed by atoms with Crippen LogP contribution in [0.2, 0.25) is 0 Å². The molecule has 25 heavy (non-hydrogen) atoms. The highest BCUT2D eigenvalue weighted by Gasteiger charge is 2.20. The highest BCUT2D eigenvalue weighted by molar-refractivity contribution is 5.84. The summed E-state index contributed by atoms with van der Waals surface area (Å²) in [5.41, 5.74) is 3.88. The lowest BCUT2D eigenvalue weighted by Crippen LogP contribution is -2.22. The van der Waals surface area contributed by atoms with E-state index < -0.39 is 0 Å². The van der Waals surface area contributed by atoms with Gasteiger partial charge in [0.25, 0.3) is 5.56 Å². The van der Waals surface area contributed by atoms with Crippen LogP contribution >= 0.6 is 0 Å². The number of aliphatic hydroxyl groups excluding tert-OH is 1. The molecule has 2 heterocycles. The predicted octanol–water partition coefficient (Wildman–Crippen LogP) is 1.86. The van der Waals surface area contributed by atoms with Gasteiger partial charge in [-0.3, -0.25) is 9.89 Å². The number of aryl methyl sites for hydroxylation is 2. The van der Waals surface area contributed by atoms with Gasteiger partial charge >= 0.3 is 0 Å². The van der Waals surface area contributed by atoms with Crippen molar-refractivity contribution < 1.29 is 14.6 Å². The van der Waals surface area contributed by atoms with Crippen molar-refractivity contribution in [1.82, 2.24) is 14.6 Å². The molecule has 2 N–H and O–H groups in total. The highest BCUT2D eigenvalue weighted by atomic mass is 16.5. The molecule has 0 fully saturated rings. The minimum absolute atomic E-state index is 0.0946. The molecule has 0 aliphatic heterocycles. The third-order valence-electron chi connectivity index (χ3n) is 4.30. The molecule has 7 nitrogen and oxygen atoms in total. The Balaban J connectivity index is 2.31. The zero-order chi connectivity index (χ0) is 18.1. The van der Waals surface area contributed by atoms with Gasteiger partial charge in [0.2, 0.25) is 0 Å². The second kappa shape index (κ2) is 6.60. The topological polar surface area (TPSA) is 88.9 Å². The van der Waals surface area contributed by atoms with Gasteiger partial charge in [0.05, 0.1) is 19.8 Å². The third kappa shape index (κ3) is 2.76. The number of rotatable bonds is 5. The summed E-state index contributed by atoms with van der Waals surface area (Å²) in [6.45, 7) is 3.57. The summed E-state index contributed by atoms with van der Waals surface area (Å²) in [4.78, 5) is 17.3. The van der Waals surface area contributed by atoms with Crippen LogP contribution < -0.4 is 15.0 Å². The Hall–Kier alpha value is -2.80. The number of hydrogen-bond donors (Lipinski definition) is 2. The van der Waals surface area contributed by atoms with E-state index in [9.17, 15) is 9.90 Å². The van der Waals surface area contributed by atoms with Crippen LogP contribution in [0, 0.1) is 13.8 Å². The summed E-state index contributed by atoms with van der Waals surface area (Å²) < 4.78 is 12.2. The molecule has 0 aliphatic carbocycles. The molecule has 0 radical (unpaired) electrons. The van der Waals surface area contributed by atoms with Crippen LogP contribution in [0.3, 0.4) is 0 Å². The fourth-order valence-electron chi connectivity index (χ4n) is 3.05. The van der Waals surface area contributed by atoms with Crippen LogP contribution in [0.1, 0.15) is 17.0 Å². The van der Waals surface area contributed by atoms with Crippen LogP contribution in [0.4, 0.5) is 0 Å². The fourth-order valence-corrected chi connectivity index (χ4v) is 3.05. The maximum Gasteiger partial charge on any atom is 0.276 e. The Labute approximate surface area is 144 Å². The summed E-state index contributed by atoms with van der Waals surface area (Å²) in [5, 5.41) is 12.3. The maximum atomic E-state index is 12.7. The molecule has 1 aromatic carbocycles. The summed E-state index contributed by atoms with van der Waals surface area (Å²) in [7, 11) is 3.19. The average Bonchev–Trinajstić information content (AvgIpc) is 2.94. The Morgan fingerprint density at radius 1 is 1.24 bits per heavy atom. The SMILES string of the molecule is COc1ccc(-c2c(C)[nH]n3c(=O)c(CCO)c(C)nc23)c(OC)c1. The van der Waals surface area contributed by atoms with Crippen LogP contribution in [0.15, 0.2) is 23.0 Å². The van der Waals surface area contributed by atoms with Gasteiger partial charge in [-0.2, -0.15) is 0 Å². The minimum Gasteiger partial charge on any atom is -0.497 e. The Kier molecular flexibility index (Phi) is 4.50. The van der Waals surface area contributed by atoms with E-state index >= 15 is 0 Å². The summed E-state index contributed by atoms with van der Waals surface area (Å²) in [5.74, 6) is 1.32. The number of H-pyrrole nitrogens is 1. The number of aromatic amines is 1. The molecule has 0 unspecified atom stereocenters. The number of nitrogens with zero attached hydrogens (tertiary/aromatic N) is 2. The largest absolute Gasteiger partial charge is 0.497 e. The first-order valence-corrected chi connectivity index (χ1v) is 7.95. The molecular formula is C18H21N3O4. The number of ether oxygens (including phenoxy) is 2. The van der Waals surface area contributed by atoms with Crippen molar-refractivity contribution >= 4 is 5.65 Å². The molecule has 0 bridgehead atoms. The Bertz CT molecular complexity index is 988. The summed E-state index contributed by atoms with van der Waals surface area (Å²) in [6, 6.07) is 5.52. The van der Waals surface area contributed by atoms with Gasteiger partial charge in [0.1, 0.15) is 11.5 Å². The van der Waals surface area contributed by atoms with E-state index in [0.29, 0.717) is 28.4 Å². The van der Waals surface area contributed by atoms with Crippen molar-refractivity contribution in [3.8, 4) is 22.6 Å². The average molecular weight is 343 g/mol. The first kappa shape index (κ1) is 17.0. The van der Waals surface area contributed by atoms with Crippen molar-refractivity contribution in [2.45, 2.75) is 20.3 Å². The molecular weight excluding hydrogens is 322 g/mol. The van der Waals surface area contributed by atoms with Crippen LogP contribution in [-0.4, -0.2) is 40.5 Å². The second-order valence-electron chi connectivity index (χ2n) is 5.79. The molecule has 7 heteroatoms. The third-order valence-corrected chi connectivity index (χ3v) is 4.30. The predicted molar refractivity (Wildman–Crippen MR) is 94.6 cm³/mol. The van der Waals surface area contributed by atoms with Crippen LogP contribution in [-0.2, 0) is 6.42 Å². The molecule has 2 aromatic heterocycles. The zero-order valence-corrected chi connectivity index (χ0v) is 14.7. The van der Waals surface area contributed by atoms with Crippen molar-refractivity contribution in [2.24, 2.45) is 0 Å². The minimum atomic E-state index is -0.196.